The van der Waals surface area contributed by atoms with E-state index in [1.165, 1.54) is 0 Å². The topological polar surface area (TPSA) is 71.2 Å². The van der Waals surface area contributed by atoms with Crippen LogP contribution in [-0.4, -0.2) is 43.6 Å². The number of likely N-dealkylation sites (tertiary alicyclic amines) is 1. The van der Waals surface area contributed by atoms with Crippen molar-refractivity contribution in [3.63, 3.8) is 0 Å². The summed E-state index contributed by atoms with van der Waals surface area (Å²) in [4.78, 5) is 13.3. The summed E-state index contributed by atoms with van der Waals surface area (Å²) in [6, 6.07) is -0.397. The van der Waals surface area contributed by atoms with E-state index in [1.807, 2.05) is 25.1 Å². The molecule has 17 heavy (non-hydrogen) atoms. The average Bonchev–Trinajstić information content (AvgIpc) is 2.63. The van der Waals surface area contributed by atoms with E-state index < -0.39 is 12.0 Å². The molecule has 6 nitrogen and oxygen atoms in total. The van der Waals surface area contributed by atoms with Gasteiger partial charge in [-0.2, -0.15) is 0 Å². The quantitative estimate of drug-likeness (QED) is 0.830. The second kappa shape index (κ2) is 4.83. The Balaban J connectivity index is 2.09. The molecule has 1 aliphatic heterocycles. The van der Waals surface area contributed by atoms with Crippen molar-refractivity contribution in [1.29, 1.82) is 0 Å². The average molecular weight is 238 g/mol. The number of rotatable bonds is 3. The minimum atomic E-state index is -0.735. The standard InChI is InChI=1S/C11H18N4O2/c1-8-4-3-5-15(10(8)11(16)17)7-9-6-14(2)13-12-9/h6,8,10H,3-5,7H2,1-2H3,(H,16,17). The van der Waals surface area contributed by atoms with Crippen LogP contribution in [0.3, 0.4) is 0 Å². The van der Waals surface area contributed by atoms with Crippen LogP contribution in [0.15, 0.2) is 6.20 Å². The van der Waals surface area contributed by atoms with Crippen molar-refractivity contribution < 1.29 is 9.90 Å². The van der Waals surface area contributed by atoms with Crippen molar-refractivity contribution in [2.45, 2.75) is 32.4 Å². The molecule has 1 aromatic heterocycles. The van der Waals surface area contributed by atoms with Crippen LogP contribution in [0, 0.1) is 5.92 Å². The number of carboxylic acids is 1. The molecule has 2 atom stereocenters. The lowest BCUT2D eigenvalue weighted by Gasteiger charge is -2.36. The highest BCUT2D eigenvalue weighted by Crippen LogP contribution is 2.24. The molecule has 94 valence electrons. The predicted octanol–water partition coefficient (Wildman–Crippen LogP) is 0.500. The number of hydrogen-bond donors (Lipinski definition) is 1. The molecule has 0 aliphatic carbocycles. The Morgan fingerprint density at radius 3 is 3.00 bits per heavy atom. The summed E-state index contributed by atoms with van der Waals surface area (Å²) in [5.41, 5.74) is 0.827. The number of piperidine rings is 1. The molecule has 2 rings (SSSR count). The zero-order valence-electron chi connectivity index (χ0n) is 10.2. The molecule has 1 saturated heterocycles. The van der Waals surface area contributed by atoms with Gasteiger partial charge in [0.05, 0.1) is 5.69 Å². The number of aromatic nitrogens is 3. The number of carbonyl (C=O) groups is 1. The van der Waals surface area contributed by atoms with Crippen molar-refractivity contribution in [2.24, 2.45) is 13.0 Å². The Labute approximate surface area is 100 Å². The molecule has 2 unspecified atom stereocenters. The van der Waals surface area contributed by atoms with Gasteiger partial charge >= 0.3 is 5.97 Å². The molecule has 1 aliphatic rings. The van der Waals surface area contributed by atoms with Gasteiger partial charge in [0.2, 0.25) is 0 Å². The van der Waals surface area contributed by atoms with E-state index in [2.05, 4.69) is 10.3 Å². The van der Waals surface area contributed by atoms with Gasteiger partial charge in [-0.05, 0) is 25.3 Å². The van der Waals surface area contributed by atoms with Crippen LogP contribution in [0.25, 0.3) is 0 Å². The van der Waals surface area contributed by atoms with Crippen LogP contribution in [-0.2, 0) is 18.4 Å². The van der Waals surface area contributed by atoms with Crippen LogP contribution in [0.5, 0.6) is 0 Å². The van der Waals surface area contributed by atoms with Gasteiger partial charge in [-0.3, -0.25) is 14.4 Å². The Kier molecular flexibility index (Phi) is 3.42. The van der Waals surface area contributed by atoms with E-state index in [1.54, 1.807) is 4.68 Å². The SMILES string of the molecule is CC1CCCN(Cc2cn(C)nn2)C1C(=O)O. The summed E-state index contributed by atoms with van der Waals surface area (Å²) in [5.74, 6) is -0.543. The lowest BCUT2D eigenvalue weighted by molar-refractivity contribution is -0.147. The first kappa shape index (κ1) is 12.0. The van der Waals surface area contributed by atoms with Crippen LogP contribution < -0.4 is 0 Å². The first-order valence-electron chi connectivity index (χ1n) is 5.90. The van der Waals surface area contributed by atoms with Crippen molar-refractivity contribution in [1.82, 2.24) is 19.9 Å². The van der Waals surface area contributed by atoms with Gasteiger partial charge in [-0.1, -0.05) is 12.1 Å². The first-order valence-corrected chi connectivity index (χ1v) is 5.90. The fourth-order valence-corrected chi connectivity index (χ4v) is 2.53. The van der Waals surface area contributed by atoms with Crippen molar-refractivity contribution in [3.05, 3.63) is 11.9 Å². The van der Waals surface area contributed by atoms with E-state index >= 15 is 0 Å². The maximum Gasteiger partial charge on any atom is 0.321 e. The summed E-state index contributed by atoms with van der Waals surface area (Å²) in [6.07, 6.45) is 3.86. The lowest BCUT2D eigenvalue weighted by atomic mass is 9.91. The van der Waals surface area contributed by atoms with Crippen LogP contribution >= 0.6 is 0 Å². The number of hydrogen-bond acceptors (Lipinski definition) is 4. The zero-order valence-corrected chi connectivity index (χ0v) is 10.2. The van der Waals surface area contributed by atoms with Gasteiger partial charge in [-0.25, -0.2) is 0 Å². The maximum absolute atomic E-state index is 11.3. The molecule has 6 heteroatoms. The van der Waals surface area contributed by atoms with Crippen molar-refractivity contribution >= 4 is 5.97 Å². The highest BCUT2D eigenvalue weighted by Gasteiger charge is 2.34. The molecule has 1 aromatic rings. The highest BCUT2D eigenvalue weighted by atomic mass is 16.4. The van der Waals surface area contributed by atoms with E-state index in [4.69, 9.17) is 0 Å². The highest BCUT2D eigenvalue weighted by molar-refractivity contribution is 5.74. The van der Waals surface area contributed by atoms with E-state index in [0.717, 1.165) is 25.1 Å². The number of nitrogens with zero attached hydrogens (tertiary/aromatic N) is 4. The predicted molar refractivity (Wildman–Crippen MR) is 61.2 cm³/mol. The summed E-state index contributed by atoms with van der Waals surface area (Å²) in [7, 11) is 1.81. The van der Waals surface area contributed by atoms with E-state index in [0.29, 0.717) is 6.54 Å². The molecule has 0 amide bonds. The van der Waals surface area contributed by atoms with Crippen LogP contribution in [0.1, 0.15) is 25.5 Å². The number of aliphatic carboxylic acids is 1. The fourth-order valence-electron chi connectivity index (χ4n) is 2.53. The molecule has 0 saturated carbocycles. The molecule has 0 radical (unpaired) electrons. The third kappa shape index (κ3) is 2.63. The smallest absolute Gasteiger partial charge is 0.321 e. The molecule has 1 fully saturated rings. The summed E-state index contributed by atoms with van der Waals surface area (Å²) in [5, 5.41) is 17.2. The van der Waals surface area contributed by atoms with Gasteiger partial charge in [0, 0.05) is 19.8 Å². The second-order valence-electron chi connectivity index (χ2n) is 4.76. The molecule has 0 spiro atoms. The van der Waals surface area contributed by atoms with Gasteiger partial charge < -0.3 is 5.11 Å². The second-order valence-corrected chi connectivity index (χ2v) is 4.76. The lowest BCUT2D eigenvalue weighted by Crippen LogP contribution is -2.48. The van der Waals surface area contributed by atoms with Crippen LogP contribution in [0.2, 0.25) is 0 Å². The molecular weight excluding hydrogens is 220 g/mol. The summed E-state index contributed by atoms with van der Waals surface area (Å²) < 4.78 is 1.64. The Hall–Kier alpha value is -1.43. The molecule has 2 heterocycles. The first-order chi connectivity index (χ1) is 8.08. The third-order valence-corrected chi connectivity index (χ3v) is 3.31. The fraction of sp³-hybridized carbons (Fsp3) is 0.727. The minimum Gasteiger partial charge on any atom is -0.480 e. The monoisotopic (exact) mass is 238 g/mol. The Bertz CT molecular complexity index is 404. The summed E-state index contributed by atoms with van der Waals surface area (Å²) >= 11 is 0. The largest absolute Gasteiger partial charge is 0.480 e. The van der Waals surface area contributed by atoms with Gasteiger partial charge in [0.1, 0.15) is 6.04 Å². The van der Waals surface area contributed by atoms with Gasteiger partial charge in [-0.15, -0.1) is 5.10 Å². The normalized spacial score (nSPS) is 26.0. The zero-order chi connectivity index (χ0) is 12.4. The Morgan fingerprint density at radius 1 is 1.65 bits per heavy atom. The molecule has 0 bridgehead atoms. The van der Waals surface area contributed by atoms with Gasteiger partial charge in [0.15, 0.2) is 0 Å². The third-order valence-electron chi connectivity index (χ3n) is 3.31. The van der Waals surface area contributed by atoms with Gasteiger partial charge in [0.25, 0.3) is 0 Å². The molecular formula is C11H18N4O2. The molecule has 0 aromatic carbocycles. The minimum absolute atomic E-state index is 0.193. The van der Waals surface area contributed by atoms with Crippen LogP contribution in [0.4, 0.5) is 0 Å². The van der Waals surface area contributed by atoms with Crippen molar-refractivity contribution in [3.8, 4) is 0 Å². The molecule has 1 N–H and O–H groups in total. The number of carboxylic acid groups (broad SMARTS) is 1. The van der Waals surface area contributed by atoms with E-state index in [9.17, 15) is 9.90 Å². The maximum atomic E-state index is 11.3. The van der Waals surface area contributed by atoms with E-state index in [-0.39, 0.29) is 5.92 Å². The van der Waals surface area contributed by atoms with Crippen molar-refractivity contribution in [2.75, 3.05) is 6.54 Å². The Morgan fingerprint density at radius 2 is 2.41 bits per heavy atom. The number of aryl methyl sites for hydroxylation is 1. The summed E-state index contributed by atoms with van der Waals surface area (Å²) in [6.45, 7) is 3.38.